The van der Waals surface area contributed by atoms with Crippen molar-refractivity contribution in [1.82, 2.24) is 5.32 Å². The van der Waals surface area contributed by atoms with E-state index in [-0.39, 0.29) is 18.5 Å². The Bertz CT molecular complexity index is 1230. The Labute approximate surface area is 474 Å². The number of carbonyl (C=O) groups is 2. The average molecular weight is 1070 g/mol. The standard InChI is InChI=1S/C70H133NO5/c1-3-5-7-9-11-13-15-17-19-21-27-32-36-40-44-48-52-56-60-64-70(75)76-65-61-57-53-49-45-41-37-33-29-26-24-22-23-25-28-31-35-39-43-47-51-55-59-63-69(74)71-67(66-72)68(73)62-58-54-50-46-42-38-34-30-20-18-16-14-12-10-8-6-4-2/h11,13,17,19,58,62,67-68,72-73H,3-10,12,14-16,18,20-57,59-61,63-66H2,1-2H3,(H,71,74)/b13-11-,19-17-,62-58+. The van der Waals surface area contributed by atoms with Crippen LogP contribution < -0.4 is 5.32 Å². The highest BCUT2D eigenvalue weighted by Crippen LogP contribution is 2.18. The van der Waals surface area contributed by atoms with Gasteiger partial charge in [0.1, 0.15) is 0 Å². The van der Waals surface area contributed by atoms with E-state index in [1.165, 1.54) is 295 Å². The first-order chi connectivity index (χ1) is 37.5. The number of unbranched alkanes of at least 4 members (excludes halogenated alkanes) is 49. The summed E-state index contributed by atoms with van der Waals surface area (Å²) in [5.41, 5.74) is 0. The first kappa shape index (κ1) is 74.1. The van der Waals surface area contributed by atoms with E-state index in [0.29, 0.717) is 19.4 Å². The molecule has 0 bridgehead atoms. The van der Waals surface area contributed by atoms with E-state index in [0.717, 1.165) is 51.4 Å². The van der Waals surface area contributed by atoms with E-state index < -0.39 is 12.1 Å². The molecule has 2 unspecified atom stereocenters. The molecular weight excluding hydrogens is 935 g/mol. The van der Waals surface area contributed by atoms with Crippen LogP contribution in [0.2, 0.25) is 0 Å². The number of hydrogen-bond acceptors (Lipinski definition) is 5. The number of hydrogen-bond donors (Lipinski definition) is 3. The highest BCUT2D eigenvalue weighted by molar-refractivity contribution is 5.76. The fourth-order valence-corrected chi connectivity index (χ4v) is 10.7. The lowest BCUT2D eigenvalue weighted by molar-refractivity contribution is -0.143. The highest BCUT2D eigenvalue weighted by atomic mass is 16.5. The van der Waals surface area contributed by atoms with Gasteiger partial charge in [-0.25, -0.2) is 0 Å². The number of carbonyl (C=O) groups excluding carboxylic acids is 2. The summed E-state index contributed by atoms with van der Waals surface area (Å²) in [6.45, 7) is 4.91. The van der Waals surface area contributed by atoms with E-state index >= 15 is 0 Å². The molecule has 0 radical (unpaired) electrons. The number of aliphatic hydroxyl groups excluding tert-OH is 2. The van der Waals surface area contributed by atoms with Gasteiger partial charge in [-0.1, -0.05) is 333 Å². The van der Waals surface area contributed by atoms with Gasteiger partial charge in [0.25, 0.3) is 0 Å². The highest BCUT2D eigenvalue weighted by Gasteiger charge is 2.18. The Hall–Kier alpha value is -1.92. The molecule has 3 N–H and O–H groups in total. The first-order valence-electron chi connectivity index (χ1n) is 34.3. The van der Waals surface area contributed by atoms with E-state index in [9.17, 15) is 19.8 Å². The zero-order valence-corrected chi connectivity index (χ0v) is 51.3. The number of allylic oxidation sites excluding steroid dienone is 5. The Kier molecular flexibility index (Phi) is 63.9. The SMILES string of the molecule is CCCCC/C=C\C/C=C\CCCCCCCCCCCC(=O)OCCCCCCCCCCCCCCCCCCCCCCCCCC(=O)NC(CO)C(O)/C=C/CCCCCCCCCCCCCCCCC. The lowest BCUT2D eigenvalue weighted by atomic mass is 10.0. The number of amides is 1. The molecule has 6 heteroatoms. The molecule has 0 saturated carbocycles. The topological polar surface area (TPSA) is 95.9 Å². The number of nitrogens with one attached hydrogen (secondary N) is 1. The second-order valence-electron chi connectivity index (χ2n) is 23.5. The van der Waals surface area contributed by atoms with Crippen LogP contribution in [0.25, 0.3) is 0 Å². The molecular formula is C70H133NO5. The van der Waals surface area contributed by atoms with Crippen molar-refractivity contribution in [2.75, 3.05) is 13.2 Å². The predicted molar refractivity (Wildman–Crippen MR) is 333 cm³/mol. The van der Waals surface area contributed by atoms with Crippen LogP contribution in [0, 0.1) is 0 Å². The Morgan fingerprint density at radius 1 is 0.368 bits per heavy atom. The molecule has 0 heterocycles. The van der Waals surface area contributed by atoms with Crippen molar-refractivity contribution in [2.45, 2.75) is 386 Å². The normalized spacial score (nSPS) is 12.7. The van der Waals surface area contributed by atoms with Gasteiger partial charge in [0.2, 0.25) is 5.91 Å². The molecule has 0 aliphatic heterocycles. The molecule has 1 amide bonds. The van der Waals surface area contributed by atoms with Crippen LogP contribution in [0.15, 0.2) is 36.5 Å². The van der Waals surface area contributed by atoms with Gasteiger partial charge >= 0.3 is 5.97 Å². The number of rotatable bonds is 64. The summed E-state index contributed by atoms with van der Waals surface area (Å²) in [6, 6.07) is -0.628. The fourth-order valence-electron chi connectivity index (χ4n) is 10.7. The van der Waals surface area contributed by atoms with E-state index in [1.807, 2.05) is 6.08 Å². The zero-order chi connectivity index (χ0) is 55.0. The smallest absolute Gasteiger partial charge is 0.305 e. The van der Waals surface area contributed by atoms with Gasteiger partial charge in [0, 0.05) is 12.8 Å². The third kappa shape index (κ3) is 61.3. The molecule has 0 aromatic rings. The summed E-state index contributed by atoms with van der Waals surface area (Å²) in [5.74, 6) is -0.0544. The summed E-state index contributed by atoms with van der Waals surface area (Å²) < 4.78 is 5.50. The minimum Gasteiger partial charge on any atom is -0.466 e. The minimum atomic E-state index is -0.845. The number of aliphatic hydroxyl groups is 2. The maximum Gasteiger partial charge on any atom is 0.305 e. The molecule has 0 fully saturated rings. The lowest BCUT2D eigenvalue weighted by Gasteiger charge is -2.20. The van der Waals surface area contributed by atoms with Crippen LogP contribution in [0.3, 0.4) is 0 Å². The Balaban J connectivity index is 3.38. The Morgan fingerprint density at radius 3 is 1.03 bits per heavy atom. The summed E-state index contributed by atoms with van der Waals surface area (Å²) in [6.07, 6.45) is 83.5. The predicted octanol–water partition coefficient (Wildman–Crippen LogP) is 21.9. The lowest BCUT2D eigenvalue weighted by Crippen LogP contribution is -2.45. The maximum atomic E-state index is 12.5. The second-order valence-corrected chi connectivity index (χ2v) is 23.5. The summed E-state index contributed by atoms with van der Waals surface area (Å²) in [5, 5.41) is 23.2. The first-order valence-corrected chi connectivity index (χ1v) is 34.3. The van der Waals surface area contributed by atoms with Gasteiger partial charge in [-0.3, -0.25) is 9.59 Å². The largest absolute Gasteiger partial charge is 0.466 e. The van der Waals surface area contributed by atoms with E-state index in [1.54, 1.807) is 6.08 Å². The summed E-state index contributed by atoms with van der Waals surface area (Å²) in [7, 11) is 0. The van der Waals surface area contributed by atoms with Crippen molar-refractivity contribution in [3.05, 3.63) is 36.5 Å². The molecule has 76 heavy (non-hydrogen) atoms. The molecule has 0 rings (SSSR count). The Morgan fingerprint density at radius 2 is 0.658 bits per heavy atom. The van der Waals surface area contributed by atoms with Crippen molar-refractivity contribution in [3.63, 3.8) is 0 Å². The summed E-state index contributed by atoms with van der Waals surface area (Å²) in [4.78, 5) is 24.6. The van der Waals surface area contributed by atoms with Gasteiger partial charge in [0.05, 0.1) is 25.4 Å². The van der Waals surface area contributed by atoms with Crippen LogP contribution in [0.1, 0.15) is 373 Å². The van der Waals surface area contributed by atoms with Gasteiger partial charge in [0.15, 0.2) is 0 Å². The third-order valence-corrected chi connectivity index (χ3v) is 15.9. The van der Waals surface area contributed by atoms with Crippen molar-refractivity contribution >= 4 is 11.9 Å². The number of ether oxygens (including phenoxy) is 1. The van der Waals surface area contributed by atoms with Crippen LogP contribution in [0.4, 0.5) is 0 Å². The molecule has 0 aromatic heterocycles. The fraction of sp³-hybridized carbons (Fsp3) is 0.886. The maximum absolute atomic E-state index is 12.5. The molecule has 2 atom stereocenters. The molecule has 0 aliphatic carbocycles. The zero-order valence-electron chi connectivity index (χ0n) is 51.3. The van der Waals surface area contributed by atoms with Crippen molar-refractivity contribution < 1.29 is 24.5 Å². The van der Waals surface area contributed by atoms with Gasteiger partial charge in [-0.15, -0.1) is 0 Å². The van der Waals surface area contributed by atoms with Crippen LogP contribution >= 0.6 is 0 Å². The monoisotopic (exact) mass is 1070 g/mol. The number of esters is 1. The van der Waals surface area contributed by atoms with Gasteiger partial charge in [-0.05, 0) is 64.2 Å². The van der Waals surface area contributed by atoms with Gasteiger partial charge in [-0.2, -0.15) is 0 Å². The minimum absolute atomic E-state index is 0.0106. The third-order valence-electron chi connectivity index (χ3n) is 15.9. The molecule has 0 saturated heterocycles. The van der Waals surface area contributed by atoms with Gasteiger partial charge < -0.3 is 20.3 Å². The summed E-state index contributed by atoms with van der Waals surface area (Å²) >= 11 is 0. The van der Waals surface area contributed by atoms with Crippen LogP contribution in [-0.2, 0) is 14.3 Å². The van der Waals surface area contributed by atoms with E-state index in [4.69, 9.17) is 4.74 Å². The van der Waals surface area contributed by atoms with Crippen molar-refractivity contribution in [2.24, 2.45) is 0 Å². The molecule has 0 aliphatic rings. The van der Waals surface area contributed by atoms with Crippen LogP contribution in [0.5, 0.6) is 0 Å². The molecule has 448 valence electrons. The van der Waals surface area contributed by atoms with Crippen molar-refractivity contribution in [1.29, 1.82) is 0 Å². The second kappa shape index (κ2) is 65.6. The molecule has 0 spiro atoms. The molecule has 0 aromatic carbocycles. The average Bonchev–Trinajstić information content (AvgIpc) is 3.42. The van der Waals surface area contributed by atoms with E-state index in [2.05, 4.69) is 43.5 Å². The van der Waals surface area contributed by atoms with Crippen molar-refractivity contribution in [3.8, 4) is 0 Å². The quantitative estimate of drug-likeness (QED) is 0.0320. The van der Waals surface area contributed by atoms with Crippen LogP contribution in [-0.4, -0.2) is 47.4 Å². The molecule has 6 nitrogen and oxygen atoms in total.